The van der Waals surface area contributed by atoms with Gasteiger partial charge in [0.1, 0.15) is 34.2 Å². The van der Waals surface area contributed by atoms with Crippen molar-refractivity contribution in [2.45, 2.75) is 0 Å². The van der Waals surface area contributed by atoms with Crippen molar-refractivity contribution >= 4 is 67.5 Å². The number of azo groups is 2. The molecule has 40 heavy (non-hydrogen) atoms. The fourth-order valence-electron chi connectivity index (χ4n) is 4.44. The SMILES string of the molecule is Oc1ccc2ccccc2c1N=Nc1ccc(-c2ccc(N=Nc3c(O)ccc4ccccc34)c(Cl)c2)cc1Cl. The normalized spacial score (nSPS) is 11.8. The van der Waals surface area contributed by atoms with Gasteiger partial charge in [-0.3, -0.25) is 0 Å². The Balaban J connectivity index is 1.26. The molecular formula is C32H20Cl2N4O2. The van der Waals surface area contributed by atoms with E-state index in [2.05, 4.69) is 20.5 Å². The molecule has 0 aliphatic rings. The van der Waals surface area contributed by atoms with Crippen LogP contribution in [0, 0.1) is 0 Å². The Kier molecular flexibility index (Phi) is 6.86. The average Bonchev–Trinajstić information content (AvgIpc) is 2.97. The quantitative estimate of drug-likeness (QED) is 0.204. The van der Waals surface area contributed by atoms with Crippen LogP contribution in [0.3, 0.4) is 0 Å². The summed E-state index contributed by atoms with van der Waals surface area (Å²) in [7, 11) is 0. The molecule has 194 valence electrons. The highest BCUT2D eigenvalue weighted by Crippen LogP contribution is 2.40. The van der Waals surface area contributed by atoms with Gasteiger partial charge in [0, 0.05) is 10.8 Å². The maximum Gasteiger partial charge on any atom is 0.143 e. The molecule has 0 aromatic heterocycles. The fourth-order valence-corrected chi connectivity index (χ4v) is 4.88. The second-order valence-electron chi connectivity index (χ2n) is 9.04. The van der Waals surface area contributed by atoms with Gasteiger partial charge < -0.3 is 10.2 Å². The number of hydrogen-bond donors (Lipinski definition) is 2. The maximum absolute atomic E-state index is 10.3. The first-order chi connectivity index (χ1) is 19.5. The largest absolute Gasteiger partial charge is 0.506 e. The molecule has 0 aliphatic heterocycles. The van der Waals surface area contributed by atoms with Crippen LogP contribution in [-0.2, 0) is 0 Å². The molecule has 2 N–H and O–H groups in total. The zero-order valence-electron chi connectivity index (χ0n) is 20.8. The predicted octanol–water partition coefficient (Wildman–Crippen LogP) is 11.2. The lowest BCUT2D eigenvalue weighted by molar-refractivity contribution is 0.476. The van der Waals surface area contributed by atoms with Crippen molar-refractivity contribution in [2.75, 3.05) is 0 Å². The summed E-state index contributed by atoms with van der Waals surface area (Å²) in [5.41, 5.74) is 3.34. The lowest BCUT2D eigenvalue weighted by atomic mass is 10.0. The van der Waals surface area contributed by atoms with Crippen molar-refractivity contribution in [1.82, 2.24) is 0 Å². The molecule has 0 fully saturated rings. The van der Waals surface area contributed by atoms with Crippen LogP contribution in [0.4, 0.5) is 22.7 Å². The van der Waals surface area contributed by atoms with Crippen LogP contribution < -0.4 is 0 Å². The minimum absolute atomic E-state index is 0.0396. The number of phenolic OH excluding ortho intramolecular Hbond substituents is 2. The molecular weight excluding hydrogens is 543 g/mol. The number of halogens is 2. The van der Waals surface area contributed by atoms with Crippen molar-refractivity contribution in [3.8, 4) is 22.6 Å². The minimum atomic E-state index is 0.0396. The summed E-state index contributed by atoms with van der Waals surface area (Å²) in [6.45, 7) is 0. The van der Waals surface area contributed by atoms with E-state index in [1.807, 2.05) is 72.8 Å². The van der Waals surface area contributed by atoms with Crippen molar-refractivity contribution in [3.05, 3.63) is 119 Å². The molecule has 6 aromatic rings. The molecule has 0 unspecified atom stereocenters. The van der Waals surface area contributed by atoms with E-state index in [9.17, 15) is 10.2 Å². The summed E-state index contributed by atoms with van der Waals surface area (Å²) in [5, 5.41) is 42.1. The van der Waals surface area contributed by atoms with E-state index in [4.69, 9.17) is 23.2 Å². The zero-order valence-corrected chi connectivity index (χ0v) is 22.3. The Bertz CT molecular complexity index is 1830. The van der Waals surface area contributed by atoms with Gasteiger partial charge in [-0.1, -0.05) is 96.0 Å². The summed E-state index contributed by atoms with van der Waals surface area (Å²) in [4.78, 5) is 0. The molecule has 0 amide bonds. The number of aromatic hydroxyl groups is 2. The van der Waals surface area contributed by atoms with Crippen LogP contribution in [-0.4, -0.2) is 10.2 Å². The second kappa shape index (κ2) is 10.8. The fraction of sp³-hybridized carbons (Fsp3) is 0. The van der Waals surface area contributed by atoms with Crippen LogP contribution >= 0.6 is 23.2 Å². The third-order valence-electron chi connectivity index (χ3n) is 6.50. The lowest BCUT2D eigenvalue weighted by Gasteiger charge is -2.07. The molecule has 0 radical (unpaired) electrons. The highest BCUT2D eigenvalue weighted by molar-refractivity contribution is 6.34. The van der Waals surface area contributed by atoms with E-state index in [0.717, 1.165) is 32.7 Å². The van der Waals surface area contributed by atoms with Crippen molar-refractivity contribution in [3.63, 3.8) is 0 Å². The van der Waals surface area contributed by atoms with Gasteiger partial charge in [0.2, 0.25) is 0 Å². The van der Waals surface area contributed by atoms with Gasteiger partial charge in [0.25, 0.3) is 0 Å². The third kappa shape index (κ3) is 4.98. The first-order valence-electron chi connectivity index (χ1n) is 12.3. The smallest absolute Gasteiger partial charge is 0.143 e. The summed E-state index contributed by atoms with van der Waals surface area (Å²) in [5.74, 6) is 0.0791. The lowest BCUT2D eigenvalue weighted by Crippen LogP contribution is -1.80. The zero-order chi connectivity index (χ0) is 27.6. The number of benzene rings is 6. The number of rotatable bonds is 5. The Morgan fingerprint density at radius 2 is 0.875 bits per heavy atom. The Hall–Kier alpha value is -4.78. The van der Waals surface area contributed by atoms with Crippen molar-refractivity contribution in [2.24, 2.45) is 20.5 Å². The van der Waals surface area contributed by atoms with Crippen LogP contribution in [0.1, 0.15) is 0 Å². The van der Waals surface area contributed by atoms with E-state index in [1.54, 1.807) is 36.4 Å². The molecule has 0 heterocycles. The Labute approximate surface area is 239 Å². The van der Waals surface area contributed by atoms with Gasteiger partial charge in [0.15, 0.2) is 0 Å². The number of phenols is 2. The minimum Gasteiger partial charge on any atom is -0.506 e. The van der Waals surface area contributed by atoms with Crippen LogP contribution in [0.15, 0.2) is 130 Å². The van der Waals surface area contributed by atoms with Crippen LogP contribution in [0.25, 0.3) is 32.7 Å². The molecule has 0 saturated heterocycles. The Morgan fingerprint density at radius 3 is 1.30 bits per heavy atom. The molecule has 0 spiro atoms. The van der Waals surface area contributed by atoms with Gasteiger partial charge in [-0.15, -0.1) is 20.5 Å². The summed E-state index contributed by atoms with van der Waals surface area (Å²) in [6, 6.07) is 32.9. The number of fused-ring (bicyclic) bond motifs is 2. The highest BCUT2D eigenvalue weighted by Gasteiger charge is 2.10. The summed E-state index contributed by atoms with van der Waals surface area (Å²) < 4.78 is 0. The van der Waals surface area contributed by atoms with Crippen molar-refractivity contribution < 1.29 is 10.2 Å². The molecule has 0 bridgehead atoms. The molecule has 6 nitrogen and oxygen atoms in total. The van der Waals surface area contributed by atoms with E-state index >= 15 is 0 Å². The molecule has 8 heteroatoms. The average molecular weight is 563 g/mol. The maximum atomic E-state index is 10.3. The van der Waals surface area contributed by atoms with Gasteiger partial charge in [-0.2, -0.15) is 0 Å². The van der Waals surface area contributed by atoms with E-state index in [1.165, 1.54) is 0 Å². The number of hydrogen-bond acceptors (Lipinski definition) is 6. The van der Waals surface area contributed by atoms with E-state index in [0.29, 0.717) is 32.8 Å². The second-order valence-corrected chi connectivity index (χ2v) is 9.86. The first kappa shape index (κ1) is 25.5. The molecule has 6 rings (SSSR count). The highest BCUT2D eigenvalue weighted by atomic mass is 35.5. The van der Waals surface area contributed by atoms with E-state index in [-0.39, 0.29) is 11.5 Å². The van der Waals surface area contributed by atoms with Gasteiger partial charge in [-0.05, 0) is 58.3 Å². The predicted molar refractivity (Wildman–Crippen MR) is 161 cm³/mol. The third-order valence-corrected chi connectivity index (χ3v) is 7.11. The van der Waals surface area contributed by atoms with Crippen LogP contribution in [0.2, 0.25) is 10.0 Å². The number of nitrogens with zero attached hydrogens (tertiary/aromatic N) is 4. The topological polar surface area (TPSA) is 89.9 Å². The standard InChI is InChI=1S/C32H20Cl2N4O2/c33-25-17-21(9-13-27(25)35-37-31-23-7-3-1-5-19(23)11-15-29(31)39)22-10-14-28(26(34)18-22)36-38-32-24-8-4-2-6-20(24)12-16-30(32)40/h1-18,39-40H. The van der Waals surface area contributed by atoms with Crippen LogP contribution in [0.5, 0.6) is 11.5 Å². The Morgan fingerprint density at radius 1 is 0.450 bits per heavy atom. The van der Waals surface area contributed by atoms with Crippen molar-refractivity contribution in [1.29, 1.82) is 0 Å². The molecule has 6 aromatic carbocycles. The summed E-state index contributed by atoms with van der Waals surface area (Å²) >= 11 is 13.1. The monoisotopic (exact) mass is 562 g/mol. The molecule has 0 saturated carbocycles. The van der Waals surface area contributed by atoms with Gasteiger partial charge in [0.05, 0.1) is 10.0 Å². The molecule has 0 atom stereocenters. The van der Waals surface area contributed by atoms with E-state index < -0.39 is 0 Å². The molecule has 0 aliphatic carbocycles. The summed E-state index contributed by atoms with van der Waals surface area (Å²) in [6.07, 6.45) is 0. The van der Waals surface area contributed by atoms with Gasteiger partial charge >= 0.3 is 0 Å². The van der Waals surface area contributed by atoms with Gasteiger partial charge in [-0.25, -0.2) is 0 Å². The first-order valence-corrected chi connectivity index (χ1v) is 13.1.